The van der Waals surface area contributed by atoms with Crippen LogP contribution in [-0.4, -0.2) is 78.2 Å². The van der Waals surface area contributed by atoms with Gasteiger partial charge in [0.25, 0.3) is 18.8 Å². The van der Waals surface area contributed by atoms with E-state index in [0.29, 0.717) is 44.9 Å². The van der Waals surface area contributed by atoms with Gasteiger partial charge in [0.15, 0.2) is 0 Å². The zero-order chi connectivity index (χ0) is 37.1. The van der Waals surface area contributed by atoms with Crippen molar-refractivity contribution in [2.45, 2.75) is 138 Å². The number of hydrogen-bond acceptors (Lipinski definition) is 9. The minimum absolute atomic E-state index is 0.148. The van der Waals surface area contributed by atoms with Gasteiger partial charge >= 0.3 is 12.1 Å². The predicted octanol–water partition coefficient (Wildman–Crippen LogP) is 7.17. The van der Waals surface area contributed by atoms with Crippen LogP contribution in [0.4, 0.5) is 9.59 Å². The first-order valence-electron chi connectivity index (χ1n) is 17.4. The summed E-state index contributed by atoms with van der Waals surface area (Å²) in [5.74, 6) is 0. The number of ether oxygens (including phenoxy) is 3. The van der Waals surface area contributed by atoms with Gasteiger partial charge in [0.1, 0.15) is 19.8 Å². The van der Waals surface area contributed by atoms with Crippen molar-refractivity contribution in [1.82, 2.24) is 14.7 Å². The van der Waals surface area contributed by atoms with Crippen LogP contribution in [0.15, 0.2) is 0 Å². The van der Waals surface area contributed by atoms with E-state index in [1.54, 1.807) is 30.7 Å². The number of amides is 5. The Hall–Kier alpha value is -3.72. The molecule has 6 atom stereocenters. The molecule has 3 aliphatic rings. The highest BCUT2D eigenvalue weighted by atomic mass is 16.5. The summed E-state index contributed by atoms with van der Waals surface area (Å²) >= 11 is 0. The monoisotopic (exact) mass is 682 g/mol. The summed E-state index contributed by atoms with van der Waals surface area (Å²) in [6, 6.07) is -2.51. The van der Waals surface area contributed by atoms with E-state index >= 15 is 0 Å². The van der Waals surface area contributed by atoms with Gasteiger partial charge in [-0.05, 0) is 74.0 Å². The summed E-state index contributed by atoms with van der Waals surface area (Å²) < 4.78 is 15.7. The number of carbonyl (C=O) groups excluding carboxylic acids is 3. The first kappa shape index (κ1) is 39.7. The Kier molecular flexibility index (Phi) is 11.9. The fourth-order valence-electron chi connectivity index (χ4n) is 10.5. The lowest BCUT2D eigenvalue weighted by molar-refractivity contribution is -0.120. The number of nitrogens with zero attached hydrogens (tertiary/aromatic N) is 6. The highest BCUT2D eigenvalue weighted by molar-refractivity contribution is 5.98. The molecule has 0 N–H and O–H groups in total. The molecular weight excluding hydrogens is 624 g/mol. The van der Waals surface area contributed by atoms with Crippen LogP contribution in [0.1, 0.15) is 120 Å². The lowest BCUT2D eigenvalue weighted by Gasteiger charge is -2.52. The second kappa shape index (κ2) is 14.6. The lowest BCUT2D eigenvalue weighted by atomic mass is 9.62. The molecule has 0 radical (unpaired) electrons. The largest absolute Gasteiger partial charge is 0.427 e. The topological polar surface area (TPSA) is 160 Å². The Bertz CT molecular complexity index is 1360. The molecular formula is C37H58N6O6. The van der Waals surface area contributed by atoms with Gasteiger partial charge in [-0.15, -0.1) is 0 Å². The molecule has 0 aromatic carbocycles. The predicted molar refractivity (Wildman–Crippen MR) is 182 cm³/mol. The second-order valence-electron chi connectivity index (χ2n) is 18.8. The van der Waals surface area contributed by atoms with Crippen LogP contribution in [0.25, 0.3) is 0 Å². The van der Waals surface area contributed by atoms with Crippen LogP contribution < -0.4 is 0 Å². The third-order valence-corrected chi connectivity index (χ3v) is 11.1. The Labute approximate surface area is 293 Å². The molecule has 3 fully saturated rings. The number of rotatable bonds is 10. The zero-order valence-electron chi connectivity index (χ0n) is 31.4. The van der Waals surface area contributed by atoms with E-state index in [4.69, 9.17) is 24.7 Å². The molecule has 0 aromatic rings. The molecule has 0 bridgehead atoms. The van der Waals surface area contributed by atoms with Crippen molar-refractivity contribution >= 4 is 18.5 Å². The van der Waals surface area contributed by atoms with E-state index in [9.17, 15) is 19.6 Å². The Morgan fingerprint density at radius 1 is 0.612 bits per heavy atom. The molecule has 0 spiro atoms. The quantitative estimate of drug-likeness (QED) is 0.172. The van der Waals surface area contributed by atoms with Crippen molar-refractivity contribution < 1.29 is 28.6 Å². The van der Waals surface area contributed by atoms with Crippen LogP contribution in [0.2, 0.25) is 0 Å². The van der Waals surface area contributed by atoms with Gasteiger partial charge in [0.2, 0.25) is 6.41 Å². The Morgan fingerprint density at radius 2 is 0.959 bits per heavy atom. The summed E-state index contributed by atoms with van der Waals surface area (Å²) in [4.78, 5) is 47.0. The van der Waals surface area contributed by atoms with E-state index in [2.05, 4.69) is 48.5 Å². The van der Waals surface area contributed by atoms with Crippen molar-refractivity contribution in [2.75, 3.05) is 26.9 Å². The highest BCUT2D eigenvalue weighted by Gasteiger charge is 2.52. The standard InChI is InChI=1S/C37H58N6O6/c1-32(2)11-27(14-35(7,17-32)20-47-23-38)41(10)30(45)43(29-13-34(5,6)19-37(9,16-29)22-49-25-40)31(46)42(26-44)28-12-33(3,4)18-36(8,15-28)21-48-24-39/h26-29H,11-22H2,1-10H3. The molecule has 0 aromatic heterocycles. The van der Waals surface area contributed by atoms with Gasteiger partial charge in [0, 0.05) is 41.4 Å². The molecule has 12 heteroatoms. The van der Waals surface area contributed by atoms with Crippen molar-refractivity contribution in [3.63, 3.8) is 0 Å². The first-order chi connectivity index (χ1) is 22.6. The normalized spacial score (nSPS) is 32.9. The Morgan fingerprint density at radius 3 is 1.35 bits per heavy atom. The van der Waals surface area contributed by atoms with Gasteiger partial charge in [-0.25, -0.2) is 14.5 Å². The second-order valence-corrected chi connectivity index (χ2v) is 18.8. The molecule has 5 amide bonds. The number of urea groups is 2. The van der Waals surface area contributed by atoms with Crippen molar-refractivity contribution in [1.29, 1.82) is 15.8 Å². The molecule has 12 nitrogen and oxygen atoms in total. The fourth-order valence-corrected chi connectivity index (χ4v) is 10.5. The smallest absolute Gasteiger partial charge is 0.335 e. The van der Waals surface area contributed by atoms with Crippen LogP contribution in [-0.2, 0) is 19.0 Å². The van der Waals surface area contributed by atoms with Crippen molar-refractivity contribution in [3.8, 4) is 18.8 Å². The van der Waals surface area contributed by atoms with Crippen LogP contribution in [0.5, 0.6) is 0 Å². The Balaban J connectivity index is 2.08. The summed E-state index contributed by atoms with van der Waals surface area (Å²) in [5.41, 5.74) is -2.10. The fraction of sp³-hybridized carbons (Fsp3) is 0.838. The van der Waals surface area contributed by atoms with Gasteiger partial charge in [0.05, 0.1) is 0 Å². The summed E-state index contributed by atoms with van der Waals surface area (Å²) in [5, 5.41) is 27.5. The summed E-state index contributed by atoms with van der Waals surface area (Å²) in [6.07, 6.45) is 11.3. The van der Waals surface area contributed by atoms with Gasteiger partial charge in [-0.1, -0.05) is 62.3 Å². The maximum Gasteiger partial charge on any atom is 0.335 e. The number of carbonyl (C=O) groups is 3. The third kappa shape index (κ3) is 9.93. The maximum atomic E-state index is 14.9. The number of hydrogen-bond donors (Lipinski definition) is 0. The minimum Gasteiger partial charge on any atom is -0.427 e. The average molecular weight is 683 g/mol. The van der Waals surface area contributed by atoms with Crippen LogP contribution in [0.3, 0.4) is 0 Å². The lowest BCUT2D eigenvalue weighted by Crippen LogP contribution is -2.62. The molecule has 6 unspecified atom stereocenters. The van der Waals surface area contributed by atoms with E-state index in [-0.39, 0.29) is 47.5 Å². The molecule has 3 aliphatic carbocycles. The van der Waals surface area contributed by atoms with Crippen LogP contribution in [0, 0.1) is 67.0 Å². The maximum absolute atomic E-state index is 14.9. The molecule has 0 saturated heterocycles. The minimum atomic E-state index is -0.671. The van der Waals surface area contributed by atoms with Crippen molar-refractivity contribution in [3.05, 3.63) is 0 Å². The highest BCUT2D eigenvalue weighted by Crippen LogP contribution is 2.51. The van der Waals surface area contributed by atoms with Gasteiger partial charge in [-0.2, -0.15) is 15.8 Å². The van der Waals surface area contributed by atoms with Gasteiger partial charge < -0.3 is 19.1 Å². The SMILES string of the molecule is CN(C(=O)N(C(=O)N(C=O)C1CC(C)(C)CC(C)(COC#N)C1)C1CC(C)(C)CC(C)(COC#N)C1)C1CC(C)(C)CC(C)(COC#N)C1. The van der Waals surface area contributed by atoms with Crippen LogP contribution >= 0.6 is 0 Å². The molecule has 272 valence electrons. The number of imide groups is 2. The van der Waals surface area contributed by atoms with E-state index < -0.39 is 35.0 Å². The zero-order valence-corrected chi connectivity index (χ0v) is 31.4. The molecule has 49 heavy (non-hydrogen) atoms. The summed E-state index contributed by atoms with van der Waals surface area (Å²) in [6.45, 7) is 19.2. The molecule has 3 saturated carbocycles. The first-order valence-corrected chi connectivity index (χ1v) is 17.4. The molecule has 3 rings (SSSR count). The third-order valence-electron chi connectivity index (χ3n) is 11.1. The van der Waals surface area contributed by atoms with E-state index in [1.807, 2.05) is 13.8 Å². The van der Waals surface area contributed by atoms with E-state index in [1.165, 1.54) is 9.80 Å². The molecule has 0 aliphatic heterocycles. The number of nitriles is 3. The van der Waals surface area contributed by atoms with Crippen molar-refractivity contribution in [2.24, 2.45) is 32.5 Å². The van der Waals surface area contributed by atoms with E-state index in [0.717, 1.165) is 19.3 Å². The summed E-state index contributed by atoms with van der Waals surface area (Å²) in [7, 11) is 1.72. The molecule has 0 heterocycles. The van der Waals surface area contributed by atoms with Gasteiger partial charge in [-0.3, -0.25) is 9.69 Å². The average Bonchev–Trinajstić information content (AvgIpc) is 2.95.